The van der Waals surface area contributed by atoms with E-state index < -0.39 is 5.54 Å². The van der Waals surface area contributed by atoms with Gasteiger partial charge in [-0.3, -0.25) is 0 Å². The zero-order valence-electron chi connectivity index (χ0n) is 17.0. The summed E-state index contributed by atoms with van der Waals surface area (Å²) in [5, 5.41) is 15.0. The largest absolute Gasteiger partial charge is 0.381 e. The average Bonchev–Trinajstić information content (AvgIpc) is 3.00. The second-order valence-corrected chi connectivity index (χ2v) is 8.13. The van der Waals surface area contributed by atoms with Crippen molar-refractivity contribution in [2.75, 3.05) is 19.8 Å². The van der Waals surface area contributed by atoms with E-state index in [0.29, 0.717) is 19.1 Å². The molecule has 0 aliphatic carbocycles. The van der Waals surface area contributed by atoms with Gasteiger partial charge in [-0.05, 0) is 37.8 Å². The van der Waals surface area contributed by atoms with Gasteiger partial charge in [-0.1, -0.05) is 35.4 Å². The Morgan fingerprint density at radius 2 is 2.07 bits per heavy atom. The number of nitrogens with one attached hydrogen (secondary N) is 2. The van der Waals surface area contributed by atoms with Gasteiger partial charge in [0.15, 0.2) is 5.96 Å². The molecule has 29 heavy (non-hydrogen) atoms. The maximum Gasteiger partial charge on any atom is 0.362 e. The number of hydrogen-bond acceptors (Lipinski definition) is 6. The number of azo groups is 1. The van der Waals surface area contributed by atoms with Gasteiger partial charge in [0.05, 0.1) is 18.1 Å². The van der Waals surface area contributed by atoms with Crippen LogP contribution in [-0.4, -0.2) is 54.3 Å². The topological polar surface area (TPSA) is 90.7 Å². The third kappa shape index (κ3) is 4.32. The Balaban J connectivity index is 1.38. The third-order valence-corrected chi connectivity index (χ3v) is 5.81. The number of rotatable bonds is 3. The zero-order valence-corrected chi connectivity index (χ0v) is 17.0. The highest BCUT2D eigenvalue weighted by Crippen LogP contribution is 2.36. The summed E-state index contributed by atoms with van der Waals surface area (Å²) in [4.78, 5) is 19.1. The second-order valence-electron chi connectivity index (χ2n) is 8.13. The summed E-state index contributed by atoms with van der Waals surface area (Å²) < 4.78 is 5.41. The summed E-state index contributed by atoms with van der Waals surface area (Å²) in [6.07, 6.45) is 3.83. The zero-order chi connectivity index (χ0) is 20.3. The van der Waals surface area contributed by atoms with E-state index >= 15 is 0 Å². The van der Waals surface area contributed by atoms with Crippen LogP contribution < -0.4 is 10.6 Å². The Hall–Kier alpha value is -2.74. The highest BCUT2D eigenvalue weighted by Gasteiger charge is 2.47. The van der Waals surface area contributed by atoms with Crippen molar-refractivity contribution in [3.8, 4) is 0 Å². The molecule has 0 bridgehead atoms. The Morgan fingerprint density at radius 3 is 2.83 bits per heavy atom. The van der Waals surface area contributed by atoms with Gasteiger partial charge in [0.1, 0.15) is 0 Å². The van der Waals surface area contributed by atoms with E-state index in [2.05, 4.69) is 25.9 Å². The van der Waals surface area contributed by atoms with Crippen LogP contribution in [0, 0.1) is 0 Å². The molecule has 2 amide bonds. The van der Waals surface area contributed by atoms with E-state index in [1.165, 1.54) is 0 Å². The van der Waals surface area contributed by atoms with Gasteiger partial charge in [0.25, 0.3) is 0 Å². The molecular formula is C21H28N6O2. The molecule has 8 heteroatoms. The molecule has 154 valence electrons. The summed E-state index contributed by atoms with van der Waals surface area (Å²) in [5.74, 6) is 0.765. The minimum absolute atomic E-state index is 0.0260. The lowest BCUT2D eigenvalue weighted by atomic mass is 9.93. The lowest BCUT2D eigenvalue weighted by Crippen LogP contribution is -2.51. The molecule has 0 saturated carbocycles. The van der Waals surface area contributed by atoms with Crippen LogP contribution in [-0.2, 0) is 11.3 Å². The van der Waals surface area contributed by atoms with Gasteiger partial charge >= 0.3 is 6.03 Å². The van der Waals surface area contributed by atoms with Crippen molar-refractivity contribution in [3.63, 3.8) is 0 Å². The number of nitrogens with zero attached hydrogens (tertiary/aromatic N) is 4. The quantitative estimate of drug-likeness (QED) is 0.769. The molecule has 2 saturated heterocycles. The summed E-state index contributed by atoms with van der Waals surface area (Å²) in [6, 6.07) is 9.86. The molecule has 1 aromatic carbocycles. The monoisotopic (exact) mass is 396 g/mol. The van der Waals surface area contributed by atoms with Crippen molar-refractivity contribution in [1.82, 2.24) is 15.5 Å². The van der Waals surface area contributed by atoms with E-state index in [1.54, 1.807) is 4.90 Å². The predicted octanol–water partition coefficient (Wildman–Crippen LogP) is 2.83. The molecule has 0 aromatic heterocycles. The molecule has 2 fully saturated rings. The number of carbonyl (C=O) groups excluding carboxylic acids is 1. The molecule has 0 radical (unpaired) electrons. The summed E-state index contributed by atoms with van der Waals surface area (Å²) in [5.41, 5.74) is 1.65. The molecule has 3 aliphatic heterocycles. The van der Waals surface area contributed by atoms with E-state index in [1.807, 2.05) is 50.4 Å². The lowest BCUT2D eigenvalue weighted by molar-refractivity contribution is 0.0822. The standard InChI is InChI=1S/C21H28N6O2/c1-21(2)17-13-22-19(24-16-8-10-29-11-9-16)25-18(17)14-27(21)20(28)26-23-12-15-6-4-3-5-7-15/h3-7,13,16,18H,8-12,14H2,1-2H3,(H2,22,24,25). The molecule has 4 rings (SSSR count). The van der Waals surface area contributed by atoms with E-state index in [9.17, 15) is 4.79 Å². The number of amides is 2. The van der Waals surface area contributed by atoms with Crippen LogP contribution in [0.5, 0.6) is 0 Å². The van der Waals surface area contributed by atoms with Crippen LogP contribution in [0.15, 0.2) is 57.3 Å². The SMILES string of the molecule is CC1(C)C2=CN=C(NC3CCOCC3)NC2CN1C(=O)N=NCc1ccccc1. The molecule has 2 N–H and O–H groups in total. The molecule has 8 nitrogen and oxygen atoms in total. The Kier molecular flexibility index (Phi) is 5.62. The van der Waals surface area contributed by atoms with Crippen LogP contribution in [0.25, 0.3) is 0 Å². The fourth-order valence-corrected chi connectivity index (χ4v) is 4.05. The fourth-order valence-electron chi connectivity index (χ4n) is 4.05. The van der Waals surface area contributed by atoms with Crippen molar-refractivity contribution in [2.24, 2.45) is 15.2 Å². The normalized spacial score (nSPS) is 23.9. The molecule has 3 heterocycles. The minimum Gasteiger partial charge on any atom is -0.381 e. The Bertz CT molecular complexity index is 827. The lowest BCUT2D eigenvalue weighted by Gasteiger charge is -2.31. The van der Waals surface area contributed by atoms with Crippen LogP contribution in [0.4, 0.5) is 4.79 Å². The number of ether oxygens (including phenoxy) is 1. The van der Waals surface area contributed by atoms with Crippen LogP contribution in [0.2, 0.25) is 0 Å². The number of fused-ring (bicyclic) bond motifs is 1. The number of carbonyl (C=O) groups is 1. The molecule has 0 spiro atoms. The number of aliphatic imine (C=N–C) groups is 1. The summed E-state index contributed by atoms with van der Waals surface area (Å²) in [7, 11) is 0. The predicted molar refractivity (Wildman–Crippen MR) is 111 cm³/mol. The number of likely N-dealkylation sites (tertiary alicyclic amines) is 1. The summed E-state index contributed by atoms with van der Waals surface area (Å²) >= 11 is 0. The first-order valence-corrected chi connectivity index (χ1v) is 10.2. The van der Waals surface area contributed by atoms with Gasteiger partial charge in [-0.2, -0.15) is 5.11 Å². The van der Waals surface area contributed by atoms with Crippen molar-refractivity contribution in [1.29, 1.82) is 0 Å². The molecular weight excluding hydrogens is 368 g/mol. The van der Waals surface area contributed by atoms with Crippen LogP contribution >= 0.6 is 0 Å². The number of guanidine groups is 1. The second kappa shape index (κ2) is 8.32. The Morgan fingerprint density at radius 1 is 1.31 bits per heavy atom. The first-order chi connectivity index (χ1) is 14.0. The van der Waals surface area contributed by atoms with Crippen molar-refractivity contribution in [2.45, 2.75) is 50.9 Å². The van der Waals surface area contributed by atoms with E-state index in [-0.39, 0.29) is 12.1 Å². The van der Waals surface area contributed by atoms with Gasteiger partial charge < -0.3 is 20.3 Å². The number of hydrogen-bond donors (Lipinski definition) is 2. The van der Waals surface area contributed by atoms with Gasteiger partial charge in [0, 0.05) is 32.0 Å². The summed E-state index contributed by atoms with van der Waals surface area (Å²) in [6.45, 7) is 6.54. The van der Waals surface area contributed by atoms with E-state index in [4.69, 9.17) is 4.74 Å². The highest BCUT2D eigenvalue weighted by atomic mass is 16.5. The van der Waals surface area contributed by atoms with Crippen molar-refractivity contribution >= 4 is 12.0 Å². The van der Waals surface area contributed by atoms with Gasteiger partial charge in [0.2, 0.25) is 0 Å². The van der Waals surface area contributed by atoms with Gasteiger partial charge in [-0.25, -0.2) is 9.79 Å². The minimum atomic E-state index is -0.464. The maximum atomic E-state index is 12.7. The number of benzene rings is 1. The third-order valence-electron chi connectivity index (χ3n) is 5.81. The average molecular weight is 396 g/mol. The smallest absolute Gasteiger partial charge is 0.362 e. The maximum absolute atomic E-state index is 12.7. The van der Waals surface area contributed by atoms with Gasteiger partial charge in [-0.15, -0.1) is 0 Å². The number of urea groups is 1. The van der Waals surface area contributed by atoms with Crippen LogP contribution in [0.3, 0.4) is 0 Å². The molecule has 1 aromatic rings. The van der Waals surface area contributed by atoms with Crippen molar-refractivity contribution < 1.29 is 9.53 Å². The first-order valence-electron chi connectivity index (χ1n) is 10.2. The molecule has 1 atom stereocenters. The molecule has 3 aliphatic rings. The van der Waals surface area contributed by atoms with Crippen LogP contribution in [0.1, 0.15) is 32.3 Å². The fraction of sp³-hybridized carbons (Fsp3) is 0.524. The molecule has 1 unspecified atom stereocenters. The van der Waals surface area contributed by atoms with E-state index in [0.717, 1.165) is 43.2 Å². The van der Waals surface area contributed by atoms with Crippen molar-refractivity contribution in [3.05, 3.63) is 47.7 Å². The Labute approximate surface area is 171 Å². The highest BCUT2D eigenvalue weighted by molar-refractivity contribution is 5.84. The first kappa shape index (κ1) is 19.6.